The SMILES string of the molecule is Cc1ccc(C(=C=C2C(C)(C)C2(C)C)c2ccc(C)cc2)cc1. The van der Waals surface area contributed by atoms with Crippen molar-refractivity contribution in [2.45, 2.75) is 41.5 Å². The van der Waals surface area contributed by atoms with Gasteiger partial charge in [-0.05, 0) is 30.5 Å². The smallest absolute Gasteiger partial charge is 0.0309 e. The summed E-state index contributed by atoms with van der Waals surface area (Å²) in [4.78, 5) is 0. The fourth-order valence-corrected chi connectivity index (χ4v) is 3.22. The number of rotatable bonds is 2. The molecule has 0 atom stereocenters. The van der Waals surface area contributed by atoms with Crippen LogP contribution in [0.25, 0.3) is 5.57 Å². The Balaban J connectivity index is 2.22. The van der Waals surface area contributed by atoms with Gasteiger partial charge in [0.15, 0.2) is 0 Å². The number of aryl methyl sites for hydroxylation is 2. The molecular weight excluding hydrogens is 276 g/mol. The third kappa shape index (κ3) is 2.69. The van der Waals surface area contributed by atoms with Crippen LogP contribution in [0.4, 0.5) is 0 Å². The molecule has 3 rings (SSSR count). The van der Waals surface area contributed by atoms with E-state index < -0.39 is 0 Å². The van der Waals surface area contributed by atoms with Gasteiger partial charge in [-0.3, -0.25) is 0 Å². The second-order valence-corrected chi connectivity index (χ2v) is 7.86. The molecule has 1 saturated carbocycles. The van der Waals surface area contributed by atoms with Gasteiger partial charge in [0.05, 0.1) is 0 Å². The molecule has 0 spiro atoms. The molecule has 0 radical (unpaired) electrons. The first-order chi connectivity index (χ1) is 10.7. The maximum atomic E-state index is 3.78. The summed E-state index contributed by atoms with van der Waals surface area (Å²) in [5.74, 6) is 0. The van der Waals surface area contributed by atoms with E-state index in [1.807, 2.05) is 0 Å². The standard InChI is InChI=1S/C23H26/c1-16-7-11-18(12-8-16)20(19-13-9-17(2)10-14-19)15-21-22(3,4)23(21,5)6/h7-14H,1-6H3. The summed E-state index contributed by atoms with van der Waals surface area (Å²) >= 11 is 0. The minimum Gasteiger partial charge on any atom is -0.111 e. The highest BCUT2D eigenvalue weighted by Gasteiger charge is 2.60. The van der Waals surface area contributed by atoms with Crippen LogP contribution in [0.5, 0.6) is 0 Å². The topological polar surface area (TPSA) is 0 Å². The van der Waals surface area contributed by atoms with Crippen molar-refractivity contribution in [1.29, 1.82) is 0 Å². The maximum Gasteiger partial charge on any atom is 0.0309 e. The Labute approximate surface area is 140 Å². The summed E-state index contributed by atoms with van der Waals surface area (Å²) in [5, 5.41) is 0. The van der Waals surface area contributed by atoms with Gasteiger partial charge in [0.2, 0.25) is 0 Å². The molecule has 23 heavy (non-hydrogen) atoms. The van der Waals surface area contributed by atoms with Crippen LogP contribution in [-0.2, 0) is 0 Å². The van der Waals surface area contributed by atoms with Crippen LogP contribution < -0.4 is 0 Å². The van der Waals surface area contributed by atoms with E-state index in [0.29, 0.717) is 0 Å². The predicted octanol–water partition coefficient (Wildman–Crippen LogP) is 6.33. The molecule has 0 amide bonds. The lowest BCUT2D eigenvalue weighted by Gasteiger charge is -2.07. The van der Waals surface area contributed by atoms with Crippen molar-refractivity contribution in [3.8, 4) is 0 Å². The van der Waals surface area contributed by atoms with E-state index in [0.717, 1.165) is 0 Å². The van der Waals surface area contributed by atoms with Gasteiger partial charge in [-0.2, -0.15) is 0 Å². The van der Waals surface area contributed by atoms with Gasteiger partial charge in [-0.15, -0.1) is 5.73 Å². The second-order valence-electron chi connectivity index (χ2n) is 7.86. The zero-order valence-corrected chi connectivity index (χ0v) is 15.1. The van der Waals surface area contributed by atoms with Crippen molar-refractivity contribution in [3.63, 3.8) is 0 Å². The zero-order valence-electron chi connectivity index (χ0n) is 15.1. The lowest BCUT2D eigenvalue weighted by molar-refractivity contribution is 0.457. The number of hydrogen-bond donors (Lipinski definition) is 0. The van der Waals surface area contributed by atoms with Gasteiger partial charge in [0.1, 0.15) is 0 Å². The van der Waals surface area contributed by atoms with E-state index in [9.17, 15) is 0 Å². The molecule has 1 aliphatic carbocycles. The maximum absolute atomic E-state index is 3.78. The Morgan fingerprint density at radius 2 is 1.00 bits per heavy atom. The molecule has 0 heterocycles. The van der Waals surface area contributed by atoms with Crippen molar-refractivity contribution in [2.75, 3.05) is 0 Å². The minimum atomic E-state index is 0.230. The number of benzene rings is 2. The van der Waals surface area contributed by atoms with Crippen LogP contribution in [0.3, 0.4) is 0 Å². The average molecular weight is 302 g/mol. The van der Waals surface area contributed by atoms with Gasteiger partial charge in [-0.25, -0.2) is 0 Å². The van der Waals surface area contributed by atoms with E-state index in [1.54, 1.807) is 0 Å². The lowest BCUT2D eigenvalue weighted by atomic mass is 9.96. The predicted molar refractivity (Wildman–Crippen MR) is 99.5 cm³/mol. The summed E-state index contributed by atoms with van der Waals surface area (Å²) < 4.78 is 0. The quantitative estimate of drug-likeness (QED) is 0.569. The van der Waals surface area contributed by atoms with Crippen LogP contribution in [0, 0.1) is 24.7 Å². The molecule has 0 nitrogen and oxygen atoms in total. The third-order valence-corrected chi connectivity index (χ3v) is 5.68. The molecule has 0 heteroatoms. The van der Waals surface area contributed by atoms with Gasteiger partial charge in [-0.1, -0.05) is 87.4 Å². The fraction of sp³-hybridized carbons (Fsp3) is 0.348. The molecule has 118 valence electrons. The number of hydrogen-bond acceptors (Lipinski definition) is 0. The van der Waals surface area contributed by atoms with Gasteiger partial charge in [0, 0.05) is 16.4 Å². The molecule has 0 aromatic heterocycles. The van der Waals surface area contributed by atoms with Crippen LogP contribution in [-0.4, -0.2) is 0 Å². The molecule has 0 unspecified atom stereocenters. The fourth-order valence-electron chi connectivity index (χ4n) is 3.22. The van der Waals surface area contributed by atoms with Crippen molar-refractivity contribution >= 4 is 5.57 Å². The molecule has 1 fully saturated rings. The van der Waals surface area contributed by atoms with E-state index in [4.69, 9.17) is 0 Å². The van der Waals surface area contributed by atoms with Crippen molar-refractivity contribution in [3.05, 3.63) is 82.1 Å². The molecule has 1 aliphatic rings. The van der Waals surface area contributed by atoms with Gasteiger partial charge < -0.3 is 0 Å². The van der Waals surface area contributed by atoms with E-state index >= 15 is 0 Å². The Morgan fingerprint density at radius 1 is 0.652 bits per heavy atom. The van der Waals surface area contributed by atoms with Crippen LogP contribution in [0.2, 0.25) is 0 Å². The summed E-state index contributed by atoms with van der Waals surface area (Å²) in [7, 11) is 0. The highest BCUT2D eigenvalue weighted by atomic mass is 14.6. The summed E-state index contributed by atoms with van der Waals surface area (Å²) in [5.41, 5.74) is 11.9. The van der Waals surface area contributed by atoms with Crippen LogP contribution >= 0.6 is 0 Å². The molecule has 2 aromatic rings. The van der Waals surface area contributed by atoms with Crippen molar-refractivity contribution in [2.24, 2.45) is 10.8 Å². The normalized spacial score (nSPS) is 17.6. The molecule has 0 saturated heterocycles. The largest absolute Gasteiger partial charge is 0.111 e. The second kappa shape index (κ2) is 5.25. The molecule has 0 bridgehead atoms. The summed E-state index contributed by atoms with van der Waals surface area (Å²) in [6.45, 7) is 13.5. The van der Waals surface area contributed by atoms with Crippen LogP contribution in [0.1, 0.15) is 49.9 Å². The first kappa shape index (κ1) is 15.8. The lowest BCUT2D eigenvalue weighted by Crippen LogP contribution is -1.95. The van der Waals surface area contributed by atoms with E-state index in [1.165, 1.54) is 33.4 Å². The van der Waals surface area contributed by atoms with Gasteiger partial charge in [0.25, 0.3) is 0 Å². The first-order valence-corrected chi connectivity index (χ1v) is 8.39. The zero-order chi connectivity index (χ0) is 16.8. The van der Waals surface area contributed by atoms with E-state index in [2.05, 4.69) is 95.8 Å². The average Bonchev–Trinajstić information content (AvgIpc) is 2.88. The molecule has 0 aliphatic heterocycles. The van der Waals surface area contributed by atoms with E-state index in [-0.39, 0.29) is 10.8 Å². The highest BCUT2D eigenvalue weighted by Crippen LogP contribution is 2.67. The van der Waals surface area contributed by atoms with Crippen LogP contribution in [0.15, 0.2) is 59.8 Å². The molecule has 2 aromatic carbocycles. The van der Waals surface area contributed by atoms with Crippen molar-refractivity contribution in [1.82, 2.24) is 0 Å². The highest BCUT2D eigenvalue weighted by molar-refractivity contribution is 5.80. The minimum absolute atomic E-state index is 0.230. The van der Waals surface area contributed by atoms with Gasteiger partial charge >= 0.3 is 0 Å². The molecule has 0 N–H and O–H groups in total. The Kier molecular flexibility index (Phi) is 3.62. The Morgan fingerprint density at radius 3 is 1.30 bits per heavy atom. The number of allylic oxidation sites excluding steroid dienone is 1. The molecular formula is C23H26. The van der Waals surface area contributed by atoms with Crippen molar-refractivity contribution < 1.29 is 0 Å². The monoisotopic (exact) mass is 302 g/mol. The Bertz CT molecular complexity index is 727. The summed E-state index contributed by atoms with van der Waals surface area (Å²) in [6.07, 6.45) is 0. The Hall–Kier alpha value is -2.04. The summed E-state index contributed by atoms with van der Waals surface area (Å²) in [6, 6.07) is 17.6. The third-order valence-electron chi connectivity index (χ3n) is 5.68. The first-order valence-electron chi connectivity index (χ1n) is 8.39.